The Balaban J connectivity index is 2.16. The highest BCUT2D eigenvalue weighted by Crippen LogP contribution is 2.28. The van der Waals surface area contributed by atoms with Crippen LogP contribution in [0.3, 0.4) is 0 Å². The first-order chi connectivity index (χ1) is 9.06. The molecule has 0 atom stereocenters. The van der Waals surface area contributed by atoms with Gasteiger partial charge in [-0.25, -0.2) is 4.79 Å². The standard InChI is InChI=1S/C15H13ClO2S/c1-10-2-7-13(15(17)18)14(8-10)19-9-11-3-5-12(16)6-4-11/h2-8H,9H2,1H3,(H,17,18). The van der Waals surface area contributed by atoms with Crippen molar-refractivity contribution >= 4 is 29.3 Å². The van der Waals surface area contributed by atoms with Gasteiger partial charge in [0.1, 0.15) is 0 Å². The van der Waals surface area contributed by atoms with Gasteiger partial charge in [0.2, 0.25) is 0 Å². The molecule has 0 bridgehead atoms. The molecule has 2 aromatic rings. The molecule has 0 aliphatic carbocycles. The van der Waals surface area contributed by atoms with Crippen LogP contribution < -0.4 is 0 Å². The summed E-state index contributed by atoms with van der Waals surface area (Å²) in [5.74, 6) is -0.167. The summed E-state index contributed by atoms with van der Waals surface area (Å²) in [4.78, 5) is 12.0. The quantitative estimate of drug-likeness (QED) is 0.834. The van der Waals surface area contributed by atoms with Crippen molar-refractivity contribution in [1.82, 2.24) is 0 Å². The number of carboxylic acid groups (broad SMARTS) is 1. The molecule has 2 aromatic carbocycles. The second-order valence-electron chi connectivity index (χ2n) is 4.22. The van der Waals surface area contributed by atoms with Gasteiger partial charge in [-0.3, -0.25) is 0 Å². The number of carboxylic acids is 1. The third kappa shape index (κ3) is 3.75. The lowest BCUT2D eigenvalue weighted by Gasteiger charge is -2.07. The van der Waals surface area contributed by atoms with Gasteiger partial charge in [-0.2, -0.15) is 0 Å². The van der Waals surface area contributed by atoms with Crippen LogP contribution >= 0.6 is 23.4 Å². The van der Waals surface area contributed by atoms with E-state index >= 15 is 0 Å². The van der Waals surface area contributed by atoms with E-state index in [1.165, 1.54) is 11.8 Å². The lowest BCUT2D eigenvalue weighted by atomic mass is 10.1. The highest BCUT2D eigenvalue weighted by atomic mass is 35.5. The third-order valence-corrected chi connectivity index (χ3v) is 4.05. The number of halogens is 1. The first-order valence-electron chi connectivity index (χ1n) is 5.77. The molecule has 0 saturated carbocycles. The van der Waals surface area contributed by atoms with Crippen LogP contribution in [-0.2, 0) is 5.75 Å². The van der Waals surface area contributed by atoms with Gasteiger partial charge in [0.05, 0.1) is 5.56 Å². The zero-order chi connectivity index (χ0) is 13.8. The van der Waals surface area contributed by atoms with Gasteiger partial charge in [-0.05, 0) is 42.3 Å². The molecule has 0 spiro atoms. The molecule has 4 heteroatoms. The molecular weight excluding hydrogens is 280 g/mol. The minimum atomic E-state index is -0.890. The molecule has 0 saturated heterocycles. The monoisotopic (exact) mass is 292 g/mol. The first kappa shape index (κ1) is 14.0. The van der Waals surface area contributed by atoms with Crippen molar-refractivity contribution in [1.29, 1.82) is 0 Å². The topological polar surface area (TPSA) is 37.3 Å². The van der Waals surface area contributed by atoms with E-state index in [1.54, 1.807) is 6.07 Å². The Morgan fingerprint density at radius 3 is 2.53 bits per heavy atom. The summed E-state index contributed by atoms with van der Waals surface area (Å²) in [6.45, 7) is 1.96. The van der Waals surface area contributed by atoms with Crippen LogP contribution in [-0.4, -0.2) is 11.1 Å². The van der Waals surface area contributed by atoms with Crippen molar-refractivity contribution in [2.45, 2.75) is 17.6 Å². The lowest BCUT2D eigenvalue weighted by Crippen LogP contribution is -1.99. The zero-order valence-electron chi connectivity index (χ0n) is 10.4. The Morgan fingerprint density at radius 2 is 1.89 bits per heavy atom. The van der Waals surface area contributed by atoms with Gasteiger partial charge < -0.3 is 5.11 Å². The predicted molar refractivity (Wildman–Crippen MR) is 79.2 cm³/mol. The molecule has 1 N–H and O–H groups in total. The van der Waals surface area contributed by atoms with Crippen molar-refractivity contribution in [3.05, 3.63) is 64.2 Å². The minimum absolute atomic E-state index is 0.351. The van der Waals surface area contributed by atoms with Crippen LogP contribution in [0.15, 0.2) is 47.4 Å². The second kappa shape index (κ2) is 6.13. The van der Waals surface area contributed by atoms with E-state index in [4.69, 9.17) is 16.7 Å². The molecule has 0 fully saturated rings. The molecule has 98 valence electrons. The fourth-order valence-electron chi connectivity index (χ4n) is 1.67. The van der Waals surface area contributed by atoms with Crippen molar-refractivity contribution < 1.29 is 9.90 Å². The van der Waals surface area contributed by atoms with Crippen LogP contribution in [0, 0.1) is 6.92 Å². The molecule has 0 heterocycles. The molecule has 0 aliphatic heterocycles. The normalized spacial score (nSPS) is 10.4. The Labute approximate surface area is 121 Å². The maximum Gasteiger partial charge on any atom is 0.336 e. The average molecular weight is 293 g/mol. The second-order valence-corrected chi connectivity index (χ2v) is 5.67. The summed E-state index contributed by atoms with van der Waals surface area (Å²) in [6, 6.07) is 13.0. The number of aryl methyl sites for hydroxylation is 1. The molecular formula is C15H13ClO2S. The van der Waals surface area contributed by atoms with Gasteiger partial charge in [0.15, 0.2) is 0 Å². The van der Waals surface area contributed by atoms with E-state index in [2.05, 4.69) is 0 Å². The third-order valence-electron chi connectivity index (χ3n) is 2.68. The van der Waals surface area contributed by atoms with E-state index in [1.807, 2.05) is 43.3 Å². The van der Waals surface area contributed by atoms with Crippen LogP contribution in [0.4, 0.5) is 0 Å². The Morgan fingerprint density at radius 1 is 1.21 bits per heavy atom. The molecule has 0 amide bonds. The Kier molecular flexibility index (Phi) is 4.51. The number of aromatic carboxylic acids is 1. The highest BCUT2D eigenvalue weighted by Gasteiger charge is 2.10. The van der Waals surface area contributed by atoms with E-state index in [0.29, 0.717) is 10.6 Å². The fraction of sp³-hybridized carbons (Fsp3) is 0.133. The number of thioether (sulfide) groups is 1. The van der Waals surface area contributed by atoms with Crippen LogP contribution in [0.1, 0.15) is 21.5 Å². The molecule has 19 heavy (non-hydrogen) atoms. The van der Waals surface area contributed by atoms with Gasteiger partial charge in [-0.1, -0.05) is 29.8 Å². The summed E-state index contributed by atoms with van der Waals surface area (Å²) in [7, 11) is 0. The smallest absolute Gasteiger partial charge is 0.336 e. The lowest BCUT2D eigenvalue weighted by molar-refractivity contribution is 0.0693. The zero-order valence-corrected chi connectivity index (χ0v) is 12.0. The fourth-order valence-corrected chi connectivity index (χ4v) is 2.89. The van der Waals surface area contributed by atoms with Crippen LogP contribution in [0.25, 0.3) is 0 Å². The first-order valence-corrected chi connectivity index (χ1v) is 7.14. The van der Waals surface area contributed by atoms with Gasteiger partial charge in [-0.15, -0.1) is 11.8 Å². The number of hydrogen-bond donors (Lipinski definition) is 1. The van der Waals surface area contributed by atoms with E-state index in [-0.39, 0.29) is 0 Å². The molecule has 2 nitrogen and oxygen atoms in total. The van der Waals surface area contributed by atoms with E-state index in [0.717, 1.165) is 21.8 Å². The van der Waals surface area contributed by atoms with E-state index in [9.17, 15) is 4.79 Å². The predicted octanol–water partition coefficient (Wildman–Crippen LogP) is 4.64. The maximum absolute atomic E-state index is 11.2. The summed E-state index contributed by atoms with van der Waals surface area (Å²) < 4.78 is 0. The van der Waals surface area contributed by atoms with Crippen molar-refractivity contribution in [2.24, 2.45) is 0 Å². The number of hydrogen-bond acceptors (Lipinski definition) is 2. The van der Waals surface area contributed by atoms with E-state index < -0.39 is 5.97 Å². The highest BCUT2D eigenvalue weighted by molar-refractivity contribution is 7.98. The van der Waals surface area contributed by atoms with Gasteiger partial charge in [0.25, 0.3) is 0 Å². The maximum atomic E-state index is 11.2. The molecule has 2 rings (SSSR count). The van der Waals surface area contributed by atoms with Crippen LogP contribution in [0.5, 0.6) is 0 Å². The number of rotatable bonds is 4. The summed E-state index contributed by atoms with van der Waals surface area (Å²) in [6.07, 6.45) is 0. The van der Waals surface area contributed by atoms with Crippen molar-refractivity contribution in [3.63, 3.8) is 0 Å². The summed E-state index contributed by atoms with van der Waals surface area (Å²) >= 11 is 7.36. The largest absolute Gasteiger partial charge is 0.478 e. The van der Waals surface area contributed by atoms with Crippen molar-refractivity contribution in [3.8, 4) is 0 Å². The molecule has 0 aromatic heterocycles. The Bertz CT molecular complexity index is 594. The molecule has 0 unspecified atom stereocenters. The SMILES string of the molecule is Cc1ccc(C(=O)O)c(SCc2ccc(Cl)cc2)c1. The average Bonchev–Trinajstić information content (AvgIpc) is 2.38. The summed E-state index contributed by atoms with van der Waals surface area (Å²) in [5, 5.41) is 9.86. The summed E-state index contributed by atoms with van der Waals surface area (Å²) in [5.41, 5.74) is 2.53. The van der Waals surface area contributed by atoms with Crippen LogP contribution in [0.2, 0.25) is 5.02 Å². The van der Waals surface area contributed by atoms with Crippen molar-refractivity contribution in [2.75, 3.05) is 0 Å². The number of carbonyl (C=O) groups is 1. The molecule has 0 radical (unpaired) electrons. The van der Waals surface area contributed by atoms with Gasteiger partial charge >= 0.3 is 5.97 Å². The molecule has 0 aliphatic rings. The number of benzene rings is 2. The van der Waals surface area contributed by atoms with Gasteiger partial charge in [0, 0.05) is 15.7 Å². The Hall–Kier alpha value is -1.45. The minimum Gasteiger partial charge on any atom is -0.478 e.